The molecule has 1 aliphatic heterocycles. The fourth-order valence-corrected chi connectivity index (χ4v) is 3.84. The summed E-state index contributed by atoms with van der Waals surface area (Å²) >= 11 is 0. The van der Waals surface area contributed by atoms with Crippen molar-refractivity contribution in [2.75, 3.05) is 18.8 Å². The van der Waals surface area contributed by atoms with E-state index in [4.69, 9.17) is 5.73 Å². The Hall–Kier alpha value is -3.75. The second-order valence-electron chi connectivity index (χ2n) is 7.67. The topological polar surface area (TPSA) is 114 Å². The third kappa shape index (κ3) is 3.98. The number of amides is 1. The molecule has 0 saturated carbocycles. The number of piperidine rings is 1. The number of Topliss-reactive ketones (excluding diaryl/α,β-unsaturated/α-hetero) is 1. The highest BCUT2D eigenvalue weighted by molar-refractivity contribution is 6.02. The lowest BCUT2D eigenvalue weighted by Crippen LogP contribution is -2.44. The zero-order chi connectivity index (χ0) is 22.1. The largest absolute Gasteiger partial charge is 0.383 e. The first-order valence-corrected chi connectivity index (χ1v) is 9.98. The number of ketones is 1. The molecule has 0 aliphatic carbocycles. The molecule has 3 aromatic rings. The maximum absolute atomic E-state index is 13.2. The van der Waals surface area contributed by atoms with Crippen LogP contribution in [0, 0.1) is 18.7 Å². The van der Waals surface area contributed by atoms with E-state index in [9.17, 15) is 18.8 Å². The second kappa shape index (κ2) is 8.17. The molecule has 1 amide bonds. The van der Waals surface area contributed by atoms with Crippen LogP contribution in [-0.4, -0.2) is 44.4 Å². The molecule has 1 aliphatic rings. The van der Waals surface area contributed by atoms with Gasteiger partial charge >= 0.3 is 0 Å². The van der Waals surface area contributed by atoms with Crippen LogP contribution in [-0.2, 0) is 0 Å². The first-order chi connectivity index (χ1) is 14.8. The third-order valence-electron chi connectivity index (χ3n) is 5.51. The van der Waals surface area contributed by atoms with E-state index in [1.54, 1.807) is 13.0 Å². The highest BCUT2D eigenvalue weighted by atomic mass is 19.1. The van der Waals surface area contributed by atoms with Crippen LogP contribution < -0.4 is 11.3 Å². The minimum absolute atomic E-state index is 0.0577. The van der Waals surface area contributed by atoms with Crippen LogP contribution in [0.3, 0.4) is 0 Å². The average molecular weight is 423 g/mol. The first kappa shape index (κ1) is 20.5. The lowest BCUT2D eigenvalue weighted by atomic mass is 9.90. The number of aromatic amines is 1. The van der Waals surface area contributed by atoms with E-state index in [0.29, 0.717) is 30.8 Å². The molecule has 160 valence electrons. The lowest BCUT2D eigenvalue weighted by molar-refractivity contribution is 0.0636. The number of hydrogen-bond acceptors (Lipinski definition) is 5. The van der Waals surface area contributed by atoms with E-state index >= 15 is 0 Å². The molecule has 1 saturated heterocycles. The molecule has 0 spiro atoms. The molecule has 0 radical (unpaired) electrons. The summed E-state index contributed by atoms with van der Waals surface area (Å²) in [4.78, 5) is 42.3. The number of aromatic nitrogens is 3. The highest BCUT2D eigenvalue weighted by Gasteiger charge is 2.32. The fourth-order valence-electron chi connectivity index (χ4n) is 3.84. The molecule has 1 fully saturated rings. The van der Waals surface area contributed by atoms with Crippen LogP contribution in [0.2, 0.25) is 0 Å². The average Bonchev–Trinajstić information content (AvgIpc) is 3.14. The summed E-state index contributed by atoms with van der Waals surface area (Å²) in [6.45, 7) is 2.41. The lowest BCUT2D eigenvalue weighted by Gasteiger charge is -2.31. The summed E-state index contributed by atoms with van der Waals surface area (Å²) in [6.07, 6.45) is 2.64. The summed E-state index contributed by atoms with van der Waals surface area (Å²) in [5.74, 6) is -1.27. The molecule has 3 N–H and O–H groups in total. The number of nitrogens with two attached hydrogens (primary N) is 1. The summed E-state index contributed by atoms with van der Waals surface area (Å²) < 4.78 is 14.6. The van der Waals surface area contributed by atoms with Crippen molar-refractivity contribution in [2.45, 2.75) is 19.8 Å². The molecule has 2 aromatic heterocycles. The van der Waals surface area contributed by atoms with Crippen molar-refractivity contribution in [3.05, 3.63) is 75.6 Å². The van der Waals surface area contributed by atoms with Crippen molar-refractivity contribution >= 4 is 17.5 Å². The van der Waals surface area contributed by atoms with Gasteiger partial charge in [0.25, 0.3) is 11.5 Å². The maximum atomic E-state index is 13.2. The van der Waals surface area contributed by atoms with Gasteiger partial charge in [-0.3, -0.25) is 14.4 Å². The zero-order valence-corrected chi connectivity index (χ0v) is 17.0. The number of aryl methyl sites for hydroxylation is 1. The van der Waals surface area contributed by atoms with E-state index in [2.05, 4.69) is 10.1 Å². The van der Waals surface area contributed by atoms with Crippen LogP contribution in [0.5, 0.6) is 0 Å². The minimum Gasteiger partial charge on any atom is -0.383 e. The smallest absolute Gasteiger partial charge is 0.260 e. The summed E-state index contributed by atoms with van der Waals surface area (Å²) in [5.41, 5.74) is 7.24. The second-order valence-corrected chi connectivity index (χ2v) is 7.67. The monoisotopic (exact) mass is 423 g/mol. The molecule has 0 unspecified atom stereocenters. The standard InChI is InChI=1S/C22H22FN5O3/c1-13-4-9-17(21(30)26-13)22(31)27-10-2-3-14(12-27)19(29)18-11-25-28(20(18)24)16-7-5-15(23)6-8-16/h4-9,11,14H,2-3,10,12,24H2,1H3,(H,26,30)/t14-/m0/s1. The van der Waals surface area contributed by atoms with Crippen LogP contribution in [0.15, 0.2) is 47.4 Å². The van der Waals surface area contributed by atoms with Gasteiger partial charge in [-0.2, -0.15) is 5.10 Å². The van der Waals surface area contributed by atoms with E-state index in [1.807, 2.05) is 0 Å². The Labute approximate surface area is 177 Å². The number of nitrogens with one attached hydrogen (secondary N) is 1. The first-order valence-electron chi connectivity index (χ1n) is 9.98. The molecular formula is C22H22FN5O3. The number of pyridine rings is 1. The quantitative estimate of drug-likeness (QED) is 0.625. The minimum atomic E-state index is -0.449. The molecular weight excluding hydrogens is 401 g/mol. The normalized spacial score (nSPS) is 16.3. The Balaban J connectivity index is 1.53. The highest BCUT2D eigenvalue weighted by Crippen LogP contribution is 2.26. The number of nitrogens with zero attached hydrogens (tertiary/aromatic N) is 3. The van der Waals surface area contributed by atoms with Crippen molar-refractivity contribution in [2.24, 2.45) is 5.92 Å². The molecule has 8 nitrogen and oxygen atoms in total. The number of likely N-dealkylation sites (tertiary alicyclic amines) is 1. The predicted octanol–water partition coefficient (Wildman–Crippen LogP) is 2.33. The molecule has 4 rings (SSSR count). The number of nitrogen functional groups attached to an aromatic ring is 1. The number of carbonyl (C=O) groups is 2. The van der Waals surface area contributed by atoms with Crippen molar-refractivity contribution < 1.29 is 14.0 Å². The van der Waals surface area contributed by atoms with Crippen LogP contribution >= 0.6 is 0 Å². The van der Waals surface area contributed by atoms with Crippen LogP contribution in [0.1, 0.15) is 39.3 Å². The predicted molar refractivity (Wildman–Crippen MR) is 113 cm³/mol. The number of carbonyl (C=O) groups excluding carboxylic acids is 2. The third-order valence-corrected chi connectivity index (χ3v) is 5.51. The number of hydrogen-bond donors (Lipinski definition) is 2. The molecule has 9 heteroatoms. The Morgan fingerprint density at radius 2 is 1.90 bits per heavy atom. The molecule has 31 heavy (non-hydrogen) atoms. The van der Waals surface area contributed by atoms with Gasteiger partial charge in [0.2, 0.25) is 0 Å². The van der Waals surface area contributed by atoms with Gasteiger partial charge in [0, 0.05) is 24.7 Å². The molecule has 1 aromatic carbocycles. The Bertz CT molecular complexity index is 1200. The number of halogens is 1. The summed E-state index contributed by atoms with van der Waals surface area (Å²) in [5, 5.41) is 4.18. The van der Waals surface area contributed by atoms with E-state index < -0.39 is 17.4 Å². The van der Waals surface area contributed by atoms with Gasteiger partial charge in [0.1, 0.15) is 17.2 Å². The molecule has 0 bridgehead atoms. The Morgan fingerprint density at radius 3 is 2.61 bits per heavy atom. The van der Waals surface area contributed by atoms with Crippen LogP contribution in [0.4, 0.5) is 10.2 Å². The van der Waals surface area contributed by atoms with Crippen molar-refractivity contribution in [3.63, 3.8) is 0 Å². The van der Waals surface area contributed by atoms with Gasteiger partial charge in [-0.05, 0) is 56.2 Å². The zero-order valence-electron chi connectivity index (χ0n) is 17.0. The van der Waals surface area contributed by atoms with Gasteiger partial charge in [-0.25, -0.2) is 9.07 Å². The Morgan fingerprint density at radius 1 is 1.16 bits per heavy atom. The number of rotatable bonds is 4. The molecule has 3 heterocycles. The summed E-state index contributed by atoms with van der Waals surface area (Å²) in [6, 6.07) is 8.79. The van der Waals surface area contributed by atoms with Gasteiger partial charge in [-0.15, -0.1) is 0 Å². The molecule has 1 atom stereocenters. The maximum Gasteiger partial charge on any atom is 0.260 e. The van der Waals surface area contributed by atoms with Crippen LogP contribution in [0.25, 0.3) is 5.69 Å². The van der Waals surface area contributed by atoms with Gasteiger partial charge in [0.05, 0.1) is 17.4 Å². The van der Waals surface area contributed by atoms with E-state index in [-0.39, 0.29) is 35.1 Å². The fraction of sp³-hybridized carbons (Fsp3) is 0.273. The van der Waals surface area contributed by atoms with E-state index in [0.717, 1.165) is 0 Å². The van der Waals surface area contributed by atoms with Gasteiger partial charge in [0.15, 0.2) is 5.78 Å². The SMILES string of the molecule is Cc1ccc(C(=O)N2CCC[C@H](C(=O)c3cnn(-c4ccc(F)cc4)c3N)C2)c(=O)[nH]1. The van der Waals surface area contributed by atoms with Crippen molar-refractivity contribution in [3.8, 4) is 5.69 Å². The number of H-pyrrole nitrogens is 1. The van der Waals surface area contributed by atoms with Gasteiger partial charge in [-0.1, -0.05) is 0 Å². The Kier molecular flexibility index (Phi) is 5.41. The number of benzene rings is 1. The van der Waals surface area contributed by atoms with E-state index in [1.165, 1.54) is 46.1 Å². The number of anilines is 1. The van der Waals surface area contributed by atoms with Crippen molar-refractivity contribution in [1.82, 2.24) is 19.7 Å². The van der Waals surface area contributed by atoms with Gasteiger partial charge < -0.3 is 15.6 Å². The van der Waals surface area contributed by atoms with Crippen molar-refractivity contribution in [1.29, 1.82) is 0 Å². The summed E-state index contributed by atoms with van der Waals surface area (Å²) in [7, 11) is 0.